The summed E-state index contributed by atoms with van der Waals surface area (Å²) >= 11 is 1.64. The van der Waals surface area contributed by atoms with E-state index in [0.717, 1.165) is 32.5 Å². The standard InChI is InChI=1S/C21H18N4S/c1-21(2,3)19-20-24-17(14-25(20)13-12-23-19)18-10-9-16(26-18)8-7-15-6-4-5-11-22-15/h4-6,9-14H,1-3H3. The van der Waals surface area contributed by atoms with Crippen molar-refractivity contribution in [3.8, 4) is 22.4 Å². The predicted molar refractivity (Wildman–Crippen MR) is 105 cm³/mol. The number of aromatic nitrogens is 4. The molecule has 4 heterocycles. The number of hydrogen-bond acceptors (Lipinski definition) is 4. The van der Waals surface area contributed by atoms with Crippen LogP contribution < -0.4 is 0 Å². The summed E-state index contributed by atoms with van der Waals surface area (Å²) in [5.41, 5.74) is 3.57. The van der Waals surface area contributed by atoms with E-state index in [2.05, 4.69) is 48.6 Å². The van der Waals surface area contributed by atoms with Crippen LogP contribution in [0.1, 0.15) is 37.0 Å². The second-order valence-corrected chi connectivity index (χ2v) is 8.10. The summed E-state index contributed by atoms with van der Waals surface area (Å²) in [5, 5.41) is 0. The van der Waals surface area contributed by atoms with Crippen molar-refractivity contribution in [1.82, 2.24) is 19.4 Å². The summed E-state index contributed by atoms with van der Waals surface area (Å²) in [6, 6.07) is 9.83. The van der Waals surface area contributed by atoms with Gasteiger partial charge in [-0.2, -0.15) is 0 Å². The fraction of sp³-hybridized carbons (Fsp3) is 0.190. The maximum Gasteiger partial charge on any atom is 0.159 e. The molecule has 0 saturated heterocycles. The molecule has 0 aliphatic carbocycles. The summed E-state index contributed by atoms with van der Waals surface area (Å²) in [7, 11) is 0. The van der Waals surface area contributed by atoms with E-state index >= 15 is 0 Å². The maximum atomic E-state index is 4.83. The predicted octanol–water partition coefficient (Wildman–Crippen LogP) is 4.55. The van der Waals surface area contributed by atoms with Crippen molar-refractivity contribution in [1.29, 1.82) is 0 Å². The lowest BCUT2D eigenvalue weighted by Gasteiger charge is -2.17. The van der Waals surface area contributed by atoms with Gasteiger partial charge in [0.05, 0.1) is 21.1 Å². The zero-order valence-corrected chi connectivity index (χ0v) is 15.7. The molecule has 0 aliphatic heterocycles. The van der Waals surface area contributed by atoms with Crippen LogP contribution in [0.15, 0.2) is 55.1 Å². The van der Waals surface area contributed by atoms with Crippen molar-refractivity contribution in [2.45, 2.75) is 26.2 Å². The van der Waals surface area contributed by atoms with E-state index in [1.165, 1.54) is 0 Å². The third kappa shape index (κ3) is 3.24. The number of pyridine rings is 1. The molecule has 0 radical (unpaired) electrons. The van der Waals surface area contributed by atoms with Gasteiger partial charge in [-0.3, -0.25) is 4.98 Å². The third-order valence-electron chi connectivity index (χ3n) is 3.92. The summed E-state index contributed by atoms with van der Waals surface area (Å²) in [6.45, 7) is 6.46. The van der Waals surface area contributed by atoms with Gasteiger partial charge < -0.3 is 4.40 Å². The van der Waals surface area contributed by atoms with Gasteiger partial charge in [0.15, 0.2) is 5.65 Å². The molecule has 0 N–H and O–H groups in total. The fourth-order valence-corrected chi connectivity index (χ4v) is 3.49. The average molecular weight is 358 g/mol. The van der Waals surface area contributed by atoms with Crippen LogP contribution in [0.25, 0.3) is 16.2 Å². The van der Waals surface area contributed by atoms with Gasteiger partial charge in [0.2, 0.25) is 0 Å². The van der Waals surface area contributed by atoms with Crippen LogP contribution in [-0.2, 0) is 5.41 Å². The van der Waals surface area contributed by atoms with Gasteiger partial charge in [0, 0.05) is 30.2 Å². The van der Waals surface area contributed by atoms with Gasteiger partial charge in [0.25, 0.3) is 0 Å². The molecule has 4 rings (SSSR count). The third-order valence-corrected chi connectivity index (χ3v) is 4.95. The number of fused-ring (bicyclic) bond motifs is 1. The van der Waals surface area contributed by atoms with Crippen molar-refractivity contribution in [2.75, 3.05) is 0 Å². The van der Waals surface area contributed by atoms with Gasteiger partial charge >= 0.3 is 0 Å². The second-order valence-electron chi connectivity index (χ2n) is 7.01. The van der Waals surface area contributed by atoms with Crippen LogP contribution in [0.5, 0.6) is 0 Å². The number of thiophene rings is 1. The Bertz CT molecular complexity index is 1120. The number of hydrogen-bond donors (Lipinski definition) is 0. The highest BCUT2D eigenvalue weighted by Gasteiger charge is 2.21. The van der Waals surface area contributed by atoms with E-state index in [1.807, 2.05) is 47.3 Å². The Morgan fingerprint density at radius 1 is 1.00 bits per heavy atom. The first-order valence-corrected chi connectivity index (χ1v) is 9.20. The maximum absolute atomic E-state index is 4.83. The molecule has 0 aliphatic rings. The molecule has 0 saturated carbocycles. The second kappa shape index (κ2) is 6.40. The lowest BCUT2D eigenvalue weighted by molar-refractivity contribution is 0.570. The SMILES string of the molecule is CC(C)(C)c1nccn2cc(-c3ccc(C#Cc4ccccn4)s3)nc12. The first-order chi connectivity index (χ1) is 12.5. The molecule has 0 unspecified atom stereocenters. The van der Waals surface area contributed by atoms with Crippen LogP contribution in [0.3, 0.4) is 0 Å². The van der Waals surface area contributed by atoms with Gasteiger partial charge in [0.1, 0.15) is 5.69 Å². The largest absolute Gasteiger partial charge is 0.303 e. The van der Waals surface area contributed by atoms with Crippen LogP contribution >= 0.6 is 11.3 Å². The zero-order valence-electron chi connectivity index (χ0n) is 14.9. The minimum atomic E-state index is -0.0557. The molecule has 4 aromatic rings. The van der Waals surface area contributed by atoms with E-state index in [1.54, 1.807) is 17.5 Å². The van der Waals surface area contributed by atoms with Crippen LogP contribution in [-0.4, -0.2) is 19.4 Å². The fourth-order valence-electron chi connectivity index (χ4n) is 2.67. The minimum absolute atomic E-state index is 0.0557. The molecule has 0 bridgehead atoms. The van der Waals surface area contributed by atoms with E-state index in [9.17, 15) is 0 Å². The summed E-state index contributed by atoms with van der Waals surface area (Å²) in [6.07, 6.45) is 7.57. The molecule has 0 fully saturated rings. The molecule has 26 heavy (non-hydrogen) atoms. The highest BCUT2D eigenvalue weighted by molar-refractivity contribution is 7.16. The van der Waals surface area contributed by atoms with Crippen LogP contribution in [0.4, 0.5) is 0 Å². The molecule has 0 aromatic carbocycles. The number of nitrogens with zero attached hydrogens (tertiary/aromatic N) is 4. The smallest absolute Gasteiger partial charge is 0.159 e. The lowest BCUT2D eigenvalue weighted by atomic mass is 9.92. The Kier molecular flexibility index (Phi) is 4.06. The molecular weight excluding hydrogens is 340 g/mol. The van der Waals surface area contributed by atoms with E-state index in [-0.39, 0.29) is 5.41 Å². The van der Waals surface area contributed by atoms with Crippen LogP contribution in [0, 0.1) is 11.8 Å². The Morgan fingerprint density at radius 2 is 1.88 bits per heavy atom. The highest BCUT2D eigenvalue weighted by atomic mass is 32.1. The quantitative estimate of drug-likeness (QED) is 0.469. The van der Waals surface area contributed by atoms with Crippen molar-refractivity contribution >= 4 is 17.0 Å². The van der Waals surface area contributed by atoms with Gasteiger partial charge in [-0.05, 0) is 36.1 Å². The first kappa shape index (κ1) is 16.5. The number of imidazole rings is 1. The van der Waals surface area contributed by atoms with Gasteiger partial charge in [-0.15, -0.1) is 11.3 Å². The average Bonchev–Trinajstić information content (AvgIpc) is 3.26. The zero-order chi connectivity index (χ0) is 18.1. The van der Waals surface area contributed by atoms with E-state index in [4.69, 9.17) is 4.98 Å². The molecule has 5 heteroatoms. The van der Waals surface area contributed by atoms with Crippen molar-refractivity contribution in [3.63, 3.8) is 0 Å². The normalized spacial score (nSPS) is 11.3. The highest BCUT2D eigenvalue weighted by Crippen LogP contribution is 2.30. The van der Waals surface area contributed by atoms with Crippen molar-refractivity contribution < 1.29 is 0 Å². The Balaban J connectivity index is 1.69. The van der Waals surface area contributed by atoms with E-state index < -0.39 is 0 Å². The molecule has 128 valence electrons. The first-order valence-electron chi connectivity index (χ1n) is 8.38. The Labute approximate surface area is 156 Å². The van der Waals surface area contributed by atoms with Crippen molar-refractivity contribution in [3.05, 3.63) is 71.4 Å². The molecular formula is C21H18N4S. The lowest BCUT2D eigenvalue weighted by Crippen LogP contribution is -2.15. The summed E-state index contributed by atoms with van der Waals surface area (Å²) < 4.78 is 2.04. The molecule has 0 atom stereocenters. The van der Waals surface area contributed by atoms with Gasteiger partial charge in [-0.25, -0.2) is 9.97 Å². The minimum Gasteiger partial charge on any atom is -0.303 e. The van der Waals surface area contributed by atoms with E-state index in [0.29, 0.717) is 0 Å². The molecule has 0 spiro atoms. The van der Waals surface area contributed by atoms with Crippen molar-refractivity contribution in [2.24, 2.45) is 0 Å². The molecule has 4 aromatic heterocycles. The summed E-state index contributed by atoms with van der Waals surface area (Å²) in [5.74, 6) is 6.27. The monoisotopic (exact) mass is 358 g/mol. The number of rotatable bonds is 1. The van der Waals surface area contributed by atoms with Crippen LogP contribution in [0.2, 0.25) is 0 Å². The topological polar surface area (TPSA) is 43.1 Å². The molecule has 0 amide bonds. The Morgan fingerprint density at radius 3 is 2.65 bits per heavy atom. The van der Waals surface area contributed by atoms with Gasteiger partial charge in [-0.1, -0.05) is 26.8 Å². The Hall–Kier alpha value is -2.97. The summed E-state index contributed by atoms with van der Waals surface area (Å²) in [4.78, 5) is 15.7. The molecule has 4 nitrogen and oxygen atoms in total.